The Labute approximate surface area is 199 Å². The van der Waals surface area contributed by atoms with Crippen LogP contribution in [0, 0.1) is 6.92 Å². The van der Waals surface area contributed by atoms with E-state index in [0.29, 0.717) is 44.8 Å². The van der Waals surface area contributed by atoms with Crippen molar-refractivity contribution in [2.45, 2.75) is 13.5 Å². The molecule has 0 fully saturated rings. The van der Waals surface area contributed by atoms with Gasteiger partial charge in [-0.05, 0) is 37.3 Å². The number of fused-ring (bicyclic) bond motifs is 3. The molecule has 0 aliphatic carbocycles. The van der Waals surface area contributed by atoms with Crippen LogP contribution in [0.2, 0.25) is 10.0 Å². The summed E-state index contributed by atoms with van der Waals surface area (Å²) in [6.45, 7) is 2.27. The van der Waals surface area contributed by atoms with E-state index in [1.165, 1.54) is 6.20 Å². The predicted octanol–water partition coefficient (Wildman–Crippen LogP) is 5.22. The van der Waals surface area contributed by atoms with Gasteiger partial charge in [0.05, 0.1) is 29.7 Å². The Kier molecular flexibility index (Phi) is 5.23. The van der Waals surface area contributed by atoms with E-state index in [9.17, 15) is 4.79 Å². The van der Waals surface area contributed by atoms with Crippen molar-refractivity contribution >= 4 is 29.1 Å². The maximum atomic E-state index is 12.1. The largest absolute Gasteiger partial charge is 0.496 e. The smallest absolute Gasteiger partial charge is 0.249 e. The highest BCUT2D eigenvalue weighted by Gasteiger charge is 2.28. The minimum Gasteiger partial charge on any atom is -0.496 e. The van der Waals surface area contributed by atoms with Gasteiger partial charge in [-0.3, -0.25) is 9.78 Å². The van der Waals surface area contributed by atoms with Gasteiger partial charge in [-0.15, -0.1) is 0 Å². The molecule has 2 N–H and O–H groups in total. The second-order valence-electron chi connectivity index (χ2n) is 7.57. The van der Waals surface area contributed by atoms with E-state index in [4.69, 9.17) is 43.5 Å². The molecule has 0 spiro atoms. The molecule has 7 nitrogen and oxygen atoms in total. The average Bonchev–Trinajstić information content (AvgIpc) is 3.14. The zero-order valence-electron chi connectivity index (χ0n) is 17.7. The van der Waals surface area contributed by atoms with Crippen molar-refractivity contribution in [3.8, 4) is 39.6 Å². The van der Waals surface area contributed by atoms with Gasteiger partial charge in [0.25, 0.3) is 0 Å². The number of primary amides is 1. The summed E-state index contributed by atoms with van der Waals surface area (Å²) >= 11 is 12.5. The van der Waals surface area contributed by atoms with Crippen molar-refractivity contribution in [1.29, 1.82) is 0 Å². The third kappa shape index (κ3) is 3.59. The molecule has 4 aromatic rings. The summed E-state index contributed by atoms with van der Waals surface area (Å²) in [5.41, 5.74) is 11.3. The Hall–Kier alpha value is -3.55. The normalized spacial score (nSPS) is 12.0. The fraction of sp³-hybridized carbons (Fsp3) is 0.125. The molecule has 3 heterocycles. The van der Waals surface area contributed by atoms with Gasteiger partial charge < -0.3 is 15.2 Å². The SMILES string of the molecule is COc1cc2c(cc1-c1cnccc1C(N)=O)-c1c(c(C)nn1-c1cc(Cl)cc(Cl)c1)CO2. The van der Waals surface area contributed by atoms with Gasteiger partial charge in [0, 0.05) is 50.8 Å². The summed E-state index contributed by atoms with van der Waals surface area (Å²) in [6.07, 6.45) is 3.12. The highest BCUT2D eigenvalue weighted by Crippen LogP contribution is 2.46. The van der Waals surface area contributed by atoms with Crippen molar-refractivity contribution in [2.24, 2.45) is 5.73 Å². The number of hydrogen-bond acceptors (Lipinski definition) is 5. The highest BCUT2D eigenvalue weighted by molar-refractivity contribution is 6.34. The average molecular weight is 481 g/mol. The number of aromatic nitrogens is 3. The fourth-order valence-corrected chi connectivity index (χ4v) is 4.59. The van der Waals surface area contributed by atoms with Gasteiger partial charge in [0.2, 0.25) is 5.91 Å². The number of rotatable bonds is 4. The molecule has 2 aromatic heterocycles. The van der Waals surface area contributed by atoms with E-state index >= 15 is 0 Å². The number of hydrogen-bond donors (Lipinski definition) is 1. The monoisotopic (exact) mass is 480 g/mol. The number of ether oxygens (including phenoxy) is 2. The lowest BCUT2D eigenvalue weighted by Crippen LogP contribution is -2.13. The first-order chi connectivity index (χ1) is 15.9. The second kappa shape index (κ2) is 8.10. The number of carbonyl (C=O) groups excluding carboxylic acids is 1. The van der Waals surface area contributed by atoms with Gasteiger partial charge in [0.1, 0.15) is 18.1 Å². The molecular formula is C24H18Cl2N4O3. The molecule has 9 heteroatoms. The maximum absolute atomic E-state index is 12.1. The van der Waals surface area contributed by atoms with E-state index in [0.717, 1.165) is 28.2 Å². The third-order valence-corrected chi connectivity index (χ3v) is 6.02. The van der Waals surface area contributed by atoms with Gasteiger partial charge in [-0.25, -0.2) is 4.68 Å². The van der Waals surface area contributed by atoms with Crippen LogP contribution >= 0.6 is 23.2 Å². The van der Waals surface area contributed by atoms with E-state index in [2.05, 4.69) is 4.98 Å². The number of benzene rings is 2. The molecule has 0 bridgehead atoms. The number of aryl methyl sites for hydroxylation is 1. The van der Waals surface area contributed by atoms with Crippen LogP contribution in [0.1, 0.15) is 21.6 Å². The minimum atomic E-state index is -0.557. The van der Waals surface area contributed by atoms with Crippen LogP contribution in [0.4, 0.5) is 0 Å². The quantitative estimate of drug-likeness (QED) is 0.432. The minimum absolute atomic E-state index is 0.339. The van der Waals surface area contributed by atoms with Gasteiger partial charge in [-0.1, -0.05) is 23.2 Å². The molecule has 1 aliphatic heterocycles. The van der Waals surface area contributed by atoms with E-state index in [1.807, 2.05) is 13.0 Å². The number of methoxy groups -OCH3 is 1. The molecule has 0 saturated heterocycles. The lowest BCUT2D eigenvalue weighted by molar-refractivity contribution is 0.100. The second-order valence-corrected chi connectivity index (χ2v) is 8.45. The number of carbonyl (C=O) groups is 1. The molecule has 0 unspecified atom stereocenters. The number of amides is 1. The van der Waals surface area contributed by atoms with Crippen molar-refractivity contribution < 1.29 is 14.3 Å². The Morgan fingerprint density at radius 2 is 1.88 bits per heavy atom. The van der Waals surface area contributed by atoms with Crippen LogP contribution in [0.25, 0.3) is 28.1 Å². The van der Waals surface area contributed by atoms with Crippen LogP contribution in [0.3, 0.4) is 0 Å². The summed E-state index contributed by atoms with van der Waals surface area (Å²) < 4.78 is 13.5. The summed E-state index contributed by atoms with van der Waals surface area (Å²) in [7, 11) is 1.56. The van der Waals surface area contributed by atoms with Crippen molar-refractivity contribution in [3.63, 3.8) is 0 Å². The van der Waals surface area contributed by atoms with Crippen LogP contribution in [-0.4, -0.2) is 27.8 Å². The molecule has 0 atom stereocenters. The number of halogens is 2. The number of nitrogens with zero attached hydrogens (tertiary/aromatic N) is 3. The lowest BCUT2D eigenvalue weighted by Gasteiger charge is -2.22. The number of nitrogens with two attached hydrogens (primary N) is 1. The summed E-state index contributed by atoms with van der Waals surface area (Å²) in [4.78, 5) is 16.3. The van der Waals surface area contributed by atoms with Crippen molar-refractivity contribution in [1.82, 2.24) is 14.8 Å². The predicted molar refractivity (Wildman–Crippen MR) is 126 cm³/mol. The zero-order valence-corrected chi connectivity index (χ0v) is 19.2. The first kappa shape index (κ1) is 21.3. The Bertz CT molecular complexity index is 1410. The first-order valence-corrected chi connectivity index (χ1v) is 10.8. The molecule has 166 valence electrons. The van der Waals surface area contributed by atoms with Crippen LogP contribution in [0.5, 0.6) is 11.5 Å². The Morgan fingerprint density at radius 3 is 2.58 bits per heavy atom. The van der Waals surface area contributed by atoms with Gasteiger partial charge in [0.15, 0.2) is 0 Å². The van der Waals surface area contributed by atoms with Crippen LogP contribution < -0.4 is 15.2 Å². The highest BCUT2D eigenvalue weighted by atomic mass is 35.5. The van der Waals surface area contributed by atoms with E-state index in [-0.39, 0.29) is 0 Å². The summed E-state index contributed by atoms with van der Waals surface area (Å²) in [6, 6.07) is 10.5. The summed E-state index contributed by atoms with van der Waals surface area (Å²) in [5, 5.41) is 5.74. The van der Waals surface area contributed by atoms with Crippen LogP contribution in [-0.2, 0) is 6.61 Å². The maximum Gasteiger partial charge on any atom is 0.249 e. The van der Waals surface area contributed by atoms with Crippen LogP contribution in [0.15, 0.2) is 48.8 Å². The van der Waals surface area contributed by atoms with Crippen molar-refractivity contribution in [2.75, 3.05) is 7.11 Å². The molecule has 2 aromatic carbocycles. The Morgan fingerprint density at radius 1 is 1.12 bits per heavy atom. The molecule has 1 amide bonds. The Balaban J connectivity index is 1.79. The first-order valence-electron chi connectivity index (χ1n) is 10.0. The summed E-state index contributed by atoms with van der Waals surface area (Å²) in [5.74, 6) is 0.599. The van der Waals surface area contributed by atoms with Crippen molar-refractivity contribution in [3.05, 3.63) is 75.7 Å². The molecular weight excluding hydrogens is 463 g/mol. The zero-order chi connectivity index (χ0) is 23.3. The lowest BCUT2D eigenvalue weighted by atomic mass is 9.94. The standard InChI is InChI=1S/C24H18Cl2N4O3/c1-12-20-11-33-22-9-21(32-2)17(19-10-28-4-3-16(19)24(27)31)8-18(22)23(20)30(29-12)15-6-13(25)5-14(26)7-15/h3-10H,11H2,1-2H3,(H2,27,31). The molecule has 0 radical (unpaired) electrons. The molecule has 0 saturated carbocycles. The number of pyridine rings is 1. The third-order valence-electron chi connectivity index (χ3n) is 5.58. The molecule has 33 heavy (non-hydrogen) atoms. The van der Waals surface area contributed by atoms with Gasteiger partial charge >= 0.3 is 0 Å². The van der Waals surface area contributed by atoms with E-state index < -0.39 is 5.91 Å². The molecule has 1 aliphatic rings. The topological polar surface area (TPSA) is 92.3 Å². The molecule has 5 rings (SSSR count). The van der Waals surface area contributed by atoms with Gasteiger partial charge in [-0.2, -0.15) is 5.10 Å². The fourth-order valence-electron chi connectivity index (χ4n) is 4.08. The van der Waals surface area contributed by atoms with E-state index in [1.54, 1.807) is 48.3 Å².